The molecule has 2 aromatic rings. The predicted octanol–water partition coefficient (Wildman–Crippen LogP) is 3.63. The van der Waals surface area contributed by atoms with E-state index in [1.165, 1.54) is 12.0 Å². The maximum atomic E-state index is 13.0. The number of nitrogens with one attached hydrogen (secondary N) is 1. The van der Waals surface area contributed by atoms with Gasteiger partial charge in [0.2, 0.25) is 0 Å². The molecule has 2 bridgehead atoms. The van der Waals surface area contributed by atoms with Gasteiger partial charge in [-0.15, -0.1) is 0 Å². The van der Waals surface area contributed by atoms with Crippen molar-refractivity contribution in [1.82, 2.24) is 10.2 Å². The summed E-state index contributed by atoms with van der Waals surface area (Å²) in [6.45, 7) is 0.949. The molecule has 2 aromatic carbocycles. The van der Waals surface area contributed by atoms with E-state index in [9.17, 15) is 4.79 Å². The quantitative estimate of drug-likeness (QED) is 0.831. The first-order valence-electron chi connectivity index (χ1n) is 10.0. The minimum atomic E-state index is -0.0919. The van der Waals surface area contributed by atoms with Gasteiger partial charge in [-0.3, -0.25) is 9.69 Å². The van der Waals surface area contributed by atoms with Crippen LogP contribution >= 0.6 is 0 Å². The second-order valence-electron chi connectivity index (χ2n) is 7.65. The number of rotatable bonds is 6. The van der Waals surface area contributed by atoms with Crippen molar-refractivity contribution in [2.45, 2.75) is 50.4 Å². The predicted molar refractivity (Wildman–Crippen MR) is 109 cm³/mol. The number of benzene rings is 2. The first-order valence-corrected chi connectivity index (χ1v) is 10.0. The minimum Gasteiger partial charge on any atom is -0.493 e. The van der Waals surface area contributed by atoms with E-state index in [0.717, 1.165) is 25.8 Å². The van der Waals surface area contributed by atoms with E-state index in [4.69, 9.17) is 9.47 Å². The number of carbonyl (C=O) groups excluding carboxylic acids is 1. The summed E-state index contributed by atoms with van der Waals surface area (Å²) in [6, 6.07) is 17.2. The van der Waals surface area contributed by atoms with Crippen molar-refractivity contribution in [3.8, 4) is 11.5 Å². The number of methoxy groups -OCH3 is 2. The molecular weight excluding hydrogens is 352 g/mol. The van der Waals surface area contributed by atoms with Gasteiger partial charge in [0.1, 0.15) is 0 Å². The average Bonchev–Trinajstić information content (AvgIpc) is 3.00. The van der Waals surface area contributed by atoms with Gasteiger partial charge in [-0.25, -0.2) is 0 Å². The Balaban J connectivity index is 1.50. The zero-order chi connectivity index (χ0) is 19.5. The number of amides is 1. The molecule has 2 saturated heterocycles. The third-order valence-corrected chi connectivity index (χ3v) is 6.14. The fourth-order valence-electron chi connectivity index (χ4n) is 4.79. The summed E-state index contributed by atoms with van der Waals surface area (Å²) in [5, 5.41) is 3.29. The molecule has 0 radical (unpaired) electrons. The third kappa shape index (κ3) is 3.59. The highest BCUT2D eigenvalue weighted by Gasteiger charge is 2.42. The Kier molecular flexibility index (Phi) is 5.53. The molecule has 5 heteroatoms. The first kappa shape index (κ1) is 18.8. The Morgan fingerprint density at radius 2 is 1.79 bits per heavy atom. The largest absolute Gasteiger partial charge is 0.493 e. The molecule has 1 amide bonds. The van der Waals surface area contributed by atoms with Crippen LogP contribution in [0.5, 0.6) is 11.5 Å². The molecule has 0 saturated carbocycles. The Labute approximate surface area is 166 Å². The highest BCUT2D eigenvalue weighted by molar-refractivity contribution is 5.98. The van der Waals surface area contributed by atoms with Crippen LogP contribution in [0.15, 0.2) is 48.5 Å². The van der Waals surface area contributed by atoms with Crippen LogP contribution in [0.4, 0.5) is 0 Å². The molecule has 2 fully saturated rings. The van der Waals surface area contributed by atoms with Gasteiger partial charge in [-0.2, -0.15) is 0 Å². The van der Waals surface area contributed by atoms with Crippen LogP contribution in [0.3, 0.4) is 0 Å². The summed E-state index contributed by atoms with van der Waals surface area (Å²) < 4.78 is 10.8. The van der Waals surface area contributed by atoms with Crippen LogP contribution in [0.25, 0.3) is 0 Å². The Bertz CT molecular complexity index is 824. The fraction of sp³-hybridized carbons (Fsp3) is 0.435. The maximum Gasteiger partial charge on any atom is 0.255 e. The highest BCUT2D eigenvalue weighted by Crippen LogP contribution is 2.37. The van der Waals surface area contributed by atoms with Crippen LogP contribution in [-0.2, 0) is 6.54 Å². The number of hydrogen-bond donors (Lipinski definition) is 1. The Morgan fingerprint density at radius 3 is 2.54 bits per heavy atom. The normalized spacial score (nSPS) is 24.0. The number of carbonyl (C=O) groups is 1. The van der Waals surface area contributed by atoms with Gasteiger partial charge in [-0.1, -0.05) is 36.4 Å². The zero-order valence-corrected chi connectivity index (χ0v) is 16.6. The molecule has 28 heavy (non-hydrogen) atoms. The second kappa shape index (κ2) is 8.23. The second-order valence-corrected chi connectivity index (χ2v) is 7.65. The van der Waals surface area contributed by atoms with Gasteiger partial charge in [0.25, 0.3) is 5.91 Å². The summed E-state index contributed by atoms with van der Waals surface area (Å²) in [4.78, 5) is 15.6. The number of hydrogen-bond acceptors (Lipinski definition) is 4. The molecule has 0 aromatic heterocycles. The zero-order valence-electron chi connectivity index (χ0n) is 16.6. The Hall–Kier alpha value is -2.53. The monoisotopic (exact) mass is 380 g/mol. The summed E-state index contributed by atoms with van der Waals surface area (Å²) in [5.74, 6) is 0.972. The van der Waals surface area contributed by atoms with Crippen LogP contribution in [0, 0.1) is 0 Å². The molecule has 0 spiro atoms. The molecule has 5 nitrogen and oxygen atoms in total. The lowest BCUT2D eigenvalue weighted by Crippen LogP contribution is -2.54. The van der Waals surface area contributed by atoms with Crippen LogP contribution in [-0.4, -0.2) is 43.2 Å². The molecule has 4 rings (SSSR count). The topological polar surface area (TPSA) is 50.8 Å². The lowest BCUT2D eigenvalue weighted by atomic mass is 9.96. The van der Waals surface area contributed by atoms with E-state index < -0.39 is 0 Å². The van der Waals surface area contributed by atoms with Crippen molar-refractivity contribution >= 4 is 5.91 Å². The van der Waals surface area contributed by atoms with E-state index in [1.807, 2.05) is 6.07 Å². The van der Waals surface area contributed by atoms with Crippen LogP contribution in [0.2, 0.25) is 0 Å². The Morgan fingerprint density at radius 1 is 1.00 bits per heavy atom. The SMILES string of the molecule is COc1cccc(C(=O)N[C@@H]2CC[C@@H]3CC[C@H]2N3Cc2ccccc2)c1OC. The lowest BCUT2D eigenvalue weighted by molar-refractivity contribution is 0.0774. The molecule has 1 N–H and O–H groups in total. The van der Waals surface area contributed by atoms with Crippen molar-refractivity contribution in [1.29, 1.82) is 0 Å². The van der Waals surface area contributed by atoms with Crippen molar-refractivity contribution in [3.05, 3.63) is 59.7 Å². The molecule has 148 valence electrons. The standard InChI is InChI=1S/C23H28N2O3/c1-27-21-10-6-9-18(22(21)28-2)23(26)24-19-13-11-17-12-14-20(19)25(17)15-16-7-4-3-5-8-16/h3-10,17,19-20H,11-15H2,1-2H3,(H,24,26)/t17-,19-,20-/m1/s1. The molecule has 3 atom stereocenters. The lowest BCUT2D eigenvalue weighted by Gasteiger charge is -2.40. The van der Waals surface area contributed by atoms with Gasteiger partial charge in [0.05, 0.1) is 19.8 Å². The number of fused-ring (bicyclic) bond motifs is 2. The smallest absolute Gasteiger partial charge is 0.255 e. The van der Waals surface area contributed by atoms with E-state index in [0.29, 0.717) is 29.1 Å². The molecular formula is C23H28N2O3. The summed E-state index contributed by atoms with van der Waals surface area (Å²) >= 11 is 0. The number of para-hydroxylation sites is 1. The van der Waals surface area contributed by atoms with Gasteiger partial charge in [0.15, 0.2) is 11.5 Å². The molecule has 0 aliphatic carbocycles. The number of piperidine rings is 1. The average molecular weight is 380 g/mol. The van der Waals surface area contributed by atoms with Gasteiger partial charge in [0, 0.05) is 24.7 Å². The van der Waals surface area contributed by atoms with Crippen LogP contribution in [0.1, 0.15) is 41.6 Å². The first-order chi connectivity index (χ1) is 13.7. The minimum absolute atomic E-state index is 0.0919. The van der Waals surface area contributed by atoms with E-state index in [-0.39, 0.29) is 11.9 Å². The van der Waals surface area contributed by atoms with E-state index >= 15 is 0 Å². The molecule has 2 aliphatic heterocycles. The molecule has 2 heterocycles. The van der Waals surface area contributed by atoms with Gasteiger partial charge < -0.3 is 14.8 Å². The summed E-state index contributed by atoms with van der Waals surface area (Å²) in [6.07, 6.45) is 4.51. The molecule has 0 unspecified atom stereocenters. The fourth-order valence-corrected chi connectivity index (χ4v) is 4.79. The summed E-state index contributed by atoms with van der Waals surface area (Å²) in [7, 11) is 3.15. The van der Waals surface area contributed by atoms with Gasteiger partial charge in [-0.05, 0) is 43.4 Å². The van der Waals surface area contributed by atoms with Crippen molar-refractivity contribution in [2.75, 3.05) is 14.2 Å². The maximum absolute atomic E-state index is 13.0. The van der Waals surface area contributed by atoms with E-state index in [2.05, 4.69) is 40.5 Å². The third-order valence-electron chi connectivity index (χ3n) is 6.14. The van der Waals surface area contributed by atoms with Crippen molar-refractivity contribution in [3.63, 3.8) is 0 Å². The number of nitrogens with zero attached hydrogens (tertiary/aromatic N) is 1. The van der Waals surface area contributed by atoms with Crippen LogP contribution < -0.4 is 14.8 Å². The highest BCUT2D eigenvalue weighted by atomic mass is 16.5. The summed E-state index contributed by atoms with van der Waals surface area (Å²) in [5.41, 5.74) is 1.86. The van der Waals surface area contributed by atoms with Crippen molar-refractivity contribution < 1.29 is 14.3 Å². The van der Waals surface area contributed by atoms with E-state index in [1.54, 1.807) is 26.4 Å². The van der Waals surface area contributed by atoms with Gasteiger partial charge >= 0.3 is 0 Å². The molecule has 2 aliphatic rings. The number of ether oxygens (including phenoxy) is 2. The van der Waals surface area contributed by atoms with Crippen molar-refractivity contribution in [2.24, 2.45) is 0 Å².